The van der Waals surface area contributed by atoms with Gasteiger partial charge in [-0.1, -0.05) is 50.4 Å². The van der Waals surface area contributed by atoms with Crippen molar-refractivity contribution in [3.05, 3.63) is 5.51 Å². The van der Waals surface area contributed by atoms with E-state index >= 15 is 0 Å². The van der Waals surface area contributed by atoms with E-state index in [4.69, 9.17) is 0 Å². The molecule has 1 heterocycles. The van der Waals surface area contributed by atoms with Gasteiger partial charge in [0, 0.05) is 6.42 Å². The lowest BCUT2D eigenvalue weighted by atomic mass is 10.1. The van der Waals surface area contributed by atoms with Crippen LogP contribution >= 0.6 is 11.3 Å². The molecule has 1 N–H and O–H groups in total. The van der Waals surface area contributed by atoms with Crippen molar-refractivity contribution in [1.29, 1.82) is 0 Å². The number of nitrogens with one attached hydrogen (secondary N) is 1. The van der Waals surface area contributed by atoms with E-state index in [-0.39, 0.29) is 5.91 Å². The normalized spacial score (nSPS) is 10.3. The second-order valence-electron chi connectivity index (χ2n) is 3.81. The first-order chi connectivity index (χ1) is 7.83. The van der Waals surface area contributed by atoms with Crippen LogP contribution < -0.4 is 5.32 Å². The Labute approximate surface area is 100 Å². The Morgan fingerprint density at radius 2 is 2.06 bits per heavy atom. The average Bonchev–Trinajstić information content (AvgIpc) is 2.76. The van der Waals surface area contributed by atoms with Crippen LogP contribution in [0.3, 0.4) is 0 Å². The molecule has 0 atom stereocenters. The van der Waals surface area contributed by atoms with Crippen LogP contribution in [0, 0.1) is 0 Å². The maximum absolute atomic E-state index is 11.4. The predicted octanol–water partition coefficient (Wildman–Crippen LogP) is 3.23. The van der Waals surface area contributed by atoms with E-state index in [1.165, 1.54) is 37.0 Å². The number of carbonyl (C=O) groups excluding carboxylic acids is 1. The lowest BCUT2D eigenvalue weighted by Crippen LogP contribution is -2.10. The summed E-state index contributed by atoms with van der Waals surface area (Å²) in [7, 11) is 0. The predicted molar refractivity (Wildman–Crippen MR) is 66.5 cm³/mol. The molecule has 1 rings (SSSR count). The van der Waals surface area contributed by atoms with E-state index in [9.17, 15) is 4.79 Å². The van der Waals surface area contributed by atoms with Crippen molar-refractivity contribution in [3.8, 4) is 0 Å². The van der Waals surface area contributed by atoms with Gasteiger partial charge in [-0.3, -0.25) is 4.79 Å². The van der Waals surface area contributed by atoms with Gasteiger partial charge in [0.05, 0.1) is 0 Å². The minimum Gasteiger partial charge on any atom is -0.301 e. The van der Waals surface area contributed by atoms with E-state index in [2.05, 4.69) is 22.4 Å². The SMILES string of the molecule is CCCCCCCCC(=O)Nc1nncs1. The molecule has 0 unspecified atom stereocenters. The summed E-state index contributed by atoms with van der Waals surface area (Å²) in [5.41, 5.74) is 1.61. The third kappa shape index (κ3) is 5.80. The highest BCUT2D eigenvalue weighted by molar-refractivity contribution is 7.13. The monoisotopic (exact) mass is 241 g/mol. The van der Waals surface area contributed by atoms with Gasteiger partial charge in [-0.15, -0.1) is 10.2 Å². The van der Waals surface area contributed by atoms with Gasteiger partial charge in [0.25, 0.3) is 0 Å². The van der Waals surface area contributed by atoms with Crippen molar-refractivity contribution in [2.75, 3.05) is 5.32 Å². The minimum atomic E-state index is 0.0484. The van der Waals surface area contributed by atoms with Gasteiger partial charge in [-0.2, -0.15) is 0 Å². The van der Waals surface area contributed by atoms with Crippen molar-refractivity contribution in [2.45, 2.75) is 51.9 Å². The molecule has 4 nitrogen and oxygen atoms in total. The third-order valence-electron chi connectivity index (χ3n) is 2.36. The fourth-order valence-electron chi connectivity index (χ4n) is 1.48. The van der Waals surface area contributed by atoms with Crippen LogP contribution in [0.5, 0.6) is 0 Å². The number of carbonyl (C=O) groups is 1. The fraction of sp³-hybridized carbons (Fsp3) is 0.727. The van der Waals surface area contributed by atoms with Gasteiger partial charge in [0.15, 0.2) is 0 Å². The van der Waals surface area contributed by atoms with E-state index in [0.29, 0.717) is 11.6 Å². The average molecular weight is 241 g/mol. The molecule has 0 saturated carbocycles. The molecule has 0 aliphatic carbocycles. The molecule has 0 fully saturated rings. The molecule has 0 bridgehead atoms. The third-order valence-corrected chi connectivity index (χ3v) is 2.97. The summed E-state index contributed by atoms with van der Waals surface area (Å²) >= 11 is 1.35. The number of anilines is 1. The van der Waals surface area contributed by atoms with Crippen molar-refractivity contribution in [2.24, 2.45) is 0 Å². The van der Waals surface area contributed by atoms with Crippen LogP contribution in [0.15, 0.2) is 5.51 Å². The number of rotatable bonds is 8. The molecule has 5 heteroatoms. The Hall–Kier alpha value is -0.970. The second kappa shape index (κ2) is 8.21. The van der Waals surface area contributed by atoms with Crippen LogP contribution in [0.4, 0.5) is 5.13 Å². The van der Waals surface area contributed by atoms with Gasteiger partial charge in [-0.05, 0) is 6.42 Å². The Bertz CT molecular complexity index is 287. The lowest BCUT2D eigenvalue weighted by Gasteiger charge is -2.01. The highest BCUT2D eigenvalue weighted by atomic mass is 32.1. The Morgan fingerprint density at radius 1 is 1.31 bits per heavy atom. The van der Waals surface area contributed by atoms with E-state index in [1.54, 1.807) is 5.51 Å². The zero-order valence-corrected chi connectivity index (χ0v) is 10.6. The molecular weight excluding hydrogens is 222 g/mol. The lowest BCUT2D eigenvalue weighted by molar-refractivity contribution is -0.116. The first-order valence-corrected chi connectivity index (χ1v) is 6.77. The van der Waals surface area contributed by atoms with Crippen LogP contribution in [-0.4, -0.2) is 16.1 Å². The number of aromatic nitrogens is 2. The summed E-state index contributed by atoms with van der Waals surface area (Å²) in [5.74, 6) is 0.0484. The Kier molecular flexibility index (Phi) is 6.72. The van der Waals surface area contributed by atoms with Crippen LogP contribution in [0.2, 0.25) is 0 Å². The second-order valence-corrected chi connectivity index (χ2v) is 4.64. The summed E-state index contributed by atoms with van der Waals surface area (Å²) in [5, 5.41) is 10.7. The van der Waals surface area contributed by atoms with Gasteiger partial charge in [0.2, 0.25) is 11.0 Å². The molecule has 0 spiro atoms. The summed E-state index contributed by atoms with van der Waals surface area (Å²) in [6, 6.07) is 0. The molecule has 90 valence electrons. The van der Waals surface area contributed by atoms with Crippen LogP contribution in [-0.2, 0) is 4.79 Å². The van der Waals surface area contributed by atoms with Crippen molar-refractivity contribution in [3.63, 3.8) is 0 Å². The highest BCUT2D eigenvalue weighted by Gasteiger charge is 2.03. The molecule has 0 aromatic carbocycles. The van der Waals surface area contributed by atoms with Crippen LogP contribution in [0.25, 0.3) is 0 Å². The Balaban J connectivity index is 1.98. The minimum absolute atomic E-state index is 0.0484. The van der Waals surface area contributed by atoms with Crippen molar-refractivity contribution >= 4 is 22.4 Å². The zero-order valence-electron chi connectivity index (χ0n) is 9.74. The molecule has 0 aliphatic heterocycles. The largest absolute Gasteiger partial charge is 0.301 e. The molecule has 0 aliphatic rings. The van der Waals surface area contributed by atoms with Gasteiger partial charge < -0.3 is 5.32 Å². The maximum atomic E-state index is 11.4. The molecule has 1 amide bonds. The molecule has 1 aromatic rings. The van der Waals surface area contributed by atoms with Crippen molar-refractivity contribution in [1.82, 2.24) is 10.2 Å². The fourth-order valence-corrected chi connectivity index (χ4v) is 1.94. The highest BCUT2D eigenvalue weighted by Crippen LogP contribution is 2.10. The summed E-state index contributed by atoms with van der Waals surface area (Å²) in [6.45, 7) is 2.20. The summed E-state index contributed by atoms with van der Waals surface area (Å²) < 4.78 is 0. The smallest absolute Gasteiger partial charge is 0.226 e. The number of hydrogen-bond donors (Lipinski definition) is 1. The van der Waals surface area contributed by atoms with Gasteiger partial charge in [-0.25, -0.2) is 0 Å². The maximum Gasteiger partial charge on any atom is 0.226 e. The van der Waals surface area contributed by atoms with Gasteiger partial charge >= 0.3 is 0 Å². The molecule has 1 aromatic heterocycles. The summed E-state index contributed by atoms with van der Waals surface area (Å²) in [4.78, 5) is 11.4. The summed E-state index contributed by atoms with van der Waals surface area (Å²) in [6.07, 6.45) is 7.78. The number of nitrogens with zero attached hydrogens (tertiary/aromatic N) is 2. The molecular formula is C11H19N3OS. The topological polar surface area (TPSA) is 54.9 Å². The van der Waals surface area contributed by atoms with E-state index in [1.807, 2.05) is 0 Å². The zero-order chi connectivity index (χ0) is 11.6. The number of amides is 1. The molecule has 0 saturated heterocycles. The first-order valence-electron chi connectivity index (χ1n) is 5.89. The standard InChI is InChI=1S/C11H19N3OS/c1-2-3-4-5-6-7-8-10(15)13-11-14-12-9-16-11/h9H,2-8H2,1H3,(H,13,14,15). The van der Waals surface area contributed by atoms with E-state index in [0.717, 1.165) is 12.8 Å². The number of hydrogen-bond acceptors (Lipinski definition) is 4. The molecule has 16 heavy (non-hydrogen) atoms. The molecule has 0 radical (unpaired) electrons. The Morgan fingerprint density at radius 3 is 2.75 bits per heavy atom. The number of unbranched alkanes of at least 4 members (excludes halogenated alkanes) is 5. The van der Waals surface area contributed by atoms with Crippen LogP contribution in [0.1, 0.15) is 51.9 Å². The van der Waals surface area contributed by atoms with E-state index < -0.39 is 0 Å². The van der Waals surface area contributed by atoms with Gasteiger partial charge in [0.1, 0.15) is 5.51 Å². The quantitative estimate of drug-likeness (QED) is 0.711. The first kappa shape index (κ1) is 13.1. The van der Waals surface area contributed by atoms with Crippen molar-refractivity contribution < 1.29 is 4.79 Å².